The van der Waals surface area contributed by atoms with Crippen LogP contribution in [0.2, 0.25) is 0 Å². The van der Waals surface area contributed by atoms with E-state index in [9.17, 15) is 9.18 Å². The van der Waals surface area contributed by atoms with Gasteiger partial charge in [0.15, 0.2) is 0 Å². The van der Waals surface area contributed by atoms with Crippen LogP contribution >= 0.6 is 11.8 Å². The Morgan fingerprint density at radius 1 is 1.60 bits per heavy atom. The lowest BCUT2D eigenvalue weighted by molar-refractivity contribution is -0.117. The van der Waals surface area contributed by atoms with Gasteiger partial charge in [0.25, 0.3) is 0 Å². The molecule has 110 valence electrons. The molecule has 4 nitrogen and oxygen atoms in total. The molecular weight excluding hydrogens is 277 g/mol. The van der Waals surface area contributed by atoms with E-state index in [4.69, 9.17) is 5.73 Å². The summed E-state index contributed by atoms with van der Waals surface area (Å²) in [4.78, 5) is 14.1. The topological polar surface area (TPSA) is 58.4 Å². The van der Waals surface area contributed by atoms with E-state index < -0.39 is 5.82 Å². The molecule has 20 heavy (non-hydrogen) atoms. The van der Waals surface area contributed by atoms with Gasteiger partial charge in [-0.3, -0.25) is 9.69 Å². The molecule has 1 aliphatic rings. The molecule has 0 aliphatic carbocycles. The minimum absolute atomic E-state index is 0.149. The maximum Gasteiger partial charge on any atom is 0.238 e. The van der Waals surface area contributed by atoms with Crippen LogP contribution in [0.1, 0.15) is 13.3 Å². The predicted molar refractivity (Wildman–Crippen MR) is 82.4 cm³/mol. The Morgan fingerprint density at radius 3 is 3.15 bits per heavy atom. The van der Waals surface area contributed by atoms with Gasteiger partial charge in [0, 0.05) is 24.1 Å². The van der Waals surface area contributed by atoms with Crippen molar-refractivity contribution in [2.75, 3.05) is 36.4 Å². The van der Waals surface area contributed by atoms with E-state index in [0.717, 1.165) is 25.3 Å². The van der Waals surface area contributed by atoms with Crippen LogP contribution in [-0.2, 0) is 4.79 Å². The van der Waals surface area contributed by atoms with Crippen molar-refractivity contribution in [3.8, 4) is 0 Å². The minimum Gasteiger partial charge on any atom is -0.397 e. The zero-order valence-electron chi connectivity index (χ0n) is 11.6. The Kier molecular flexibility index (Phi) is 5.25. The summed E-state index contributed by atoms with van der Waals surface area (Å²) in [6, 6.07) is 3.97. The van der Waals surface area contributed by atoms with E-state index in [1.54, 1.807) is 0 Å². The number of nitrogens with zero attached hydrogens (tertiary/aromatic N) is 1. The van der Waals surface area contributed by atoms with Crippen LogP contribution in [0.25, 0.3) is 0 Å². The Hall–Kier alpha value is -1.27. The maximum absolute atomic E-state index is 13.1. The second-order valence-corrected chi connectivity index (χ2v) is 6.32. The van der Waals surface area contributed by atoms with Gasteiger partial charge in [0.05, 0.1) is 17.9 Å². The summed E-state index contributed by atoms with van der Waals surface area (Å²) in [7, 11) is 0. The number of benzene rings is 1. The number of nitrogen functional groups attached to an aromatic ring is 1. The molecule has 1 aliphatic heterocycles. The largest absolute Gasteiger partial charge is 0.397 e. The number of anilines is 2. The number of hydrogen-bond donors (Lipinski definition) is 2. The van der Waals surface area contributed by atoms with Gasteiger partial charge in [0.2, 0.25) is 5.91 Å². The summed E-state index contributed by atoms with van der Waals surface area (Å²) in [5.41, 5.74) is 6.43. The number of amides is 1. The van der Waals surface area contributed by atoms with Crippen molar-refractivity contribution in [1.29, 1.82) is 0 Å². The zero-order chi connectivity index (χ0) is 14.5. The molecule has 0 radical (unpaired) electrons. The fraction of sp³-hybridized carbons (Fsp3) is 0.500. The van der Waals surface area contributed by atoms with Gasteiger partial charge in [-0.25, -0.2) is 4.39 Å². The van der Waals surface area contributed by atoms with E-state index in [1.165, 1.54) is 18.2 Å². The minimum atomic E-state index is -0.407. The molecule has 3 N–H and O–H groups in total. The summed E-state index contributed by atoms with van der Waals surface area (Å²) in [6.45, 7) is 4.32. The third-order valence-corrected chi connectivity index (χ3v) is 4.71. The smallest absolute Gasteiger partial charge is 0.238 e. The van der Waals surface area contributed by atoms with Gasteiger partial charge in [-0.1, -0.05) is 6.92 Å². The van der Waals surface area contributed by atoms with E-state index in [2.05, 4.69) is 17.1 Å². The number of thioether (sulfide) groups is 1. The van der Waals surface area contributed by atoms with Crippen molar-refractivity contribution >= 4 is 29.0 Å². The number of rotatable bonds is 4. The highest BCUT2D eigenvalue weighted by molar-refractivity contribution is 8.00. The second-order valence-electron chi connectivity index (χ2n) is 4.92. The first kappa shape index (κ1) is 15.1. The summed E-state index contributed by atoms with van der Waals surface area (Å²) in [5, 5.41) is 3.27. The monoisotopic (exact) mass is 297 g/mol. The number of halogens is 1. The third kappa shape index (κ3) is 4.11. The SMILES string of the molecule is CCC1CN(CC(=O)Nc2cc(F)ccc2N)CCS1. The van der Waals surface area contributed by atoms with Crippen LogP contribution in [0.3, 0.4) is 0 Å². The summed E-state index contributed by atoms with van der Waals surface area (Å²) < 4.78 is 13.1. The lowest BCUT2D eigenvalue weighted by Gasteiger charge is -2.31. The molecule has 1 aromatic rings. The molecule has 1 unspecified atom stereocenters. The fourth-order valence-corrected chi connectivity index (χ4v) is 3.45. The molecular formula is C14H20FN3OS. The average Bonchev–Trinajstić information content (AvgIpc) is 2.43. The maximum atomic E-state index is 13.1. The summed E-state index contributed by atoms with van der Waals surface area (Å²) in [5.74, 6) is 0.493. The van der Waals surface area contributed by atoms with Crippen LogP contribution in [0, 0.1) is 5.82 Å². The number of hydrogen-bond acceptors (Lipinski definition) is 4. The van der Waals surface area contributed by atoms with Crippen LogP contribution < -0.4 is 11.1 Å². The quantitative estimate of drug-likeness (QED) is 0.836. The van der Waals surface area contributed by atoms with E-state index in [-0.39, 0.29) is 5.91 Å². The first-order chi connectivity index (χ1) is 9.58. The molecule has 1 saturated heterocycles. The van der Waals surface area contributed by atoms with Crippen LogP contribution in [0.15, 0.2) is 18.2 Å². The van der Waals surface area contributed by atoms with Crippen molar-refractivity contribution < 1.29 is 9.18 Å². The van der Waals surface area contributed by atoms with E-state index in [1.807, 2.05) is 11.8 Å². The Balaban J connectivity index is 1.90. The van der Waals surface area contributed by atoms with Gasteiger partial charge in [0.1, 0.15) is 5.82 Å². The van der Waals surface area contributed by atoms with Gasteiger partial charge in [-0.05, 0) is 24.6 Å². The average molecular weight is 297 g/mol. The fourth-order valence-electron chi connectivity index (χ4n) is 2.20. The van der Waals surface area contributed by atoms with E-state index in [0.29, 0.717) is 23.2 Å². The van der Waals surface area contributed by atoms with Crippen molar-refractivity contribution in [2.24, 2.45) is 0 Å². The molecule has 1 fully saturated rings. The lowest BCUT2D eigenvalue weighted by atomic mass is 10.2. The third-order valence-electron chi connectivity index (χ3n) is 3.33. The van der Waals surface area contributed by atoms with Gasteiger partial charge >= 0.3 is 0 Å². The summed E-state index contributed by atoms with van der Waals surface area (Å²) in [6.07, 6.45) is 1.11. The highest BCUT2D eigenvalue weighted by atomic mass is 32.2. The highest BCUT2D eigenvalue weighted by Crippen LogP contribution is 2.22. The summed E-state index contributed by atoms with van der Waals surface area (Å²) >= 11 is 1.96. The lowest BCUT2D eigenvalue weighted by Crippen LogP contribution is -2.42. The standard InChI is InChI=1S/C14H20FN3OS/c1-2-11-8-18(5-6-20-11)9-14(19)17-13-7-10(15)3-4-12(13)16/h3-4,7,11H,2,5-6,8-9,16H2,1H3,(H,17,19). The van der Waals surface area contributed by atoms with Gasteiger partial charge in [-0.15, -0.1) is 0 Å². The zero-order valence-corrected chi connectivity index (χ0v) is 12.4. The van der Waals surface area contributed by atoms with E-state index >= 15 is 0 Å². The van der Waals surface area contributed by atoms with Crippen LogP contribution in [-0.4, -0.2) is 41.4 Å². The normalized spacial score (nSPS) is 19.8. The number of nitrogens with two attached hydrogens (primary N) is 1. The van der Waals surface area contributed by atoms with Gasteiger partial charge in [-0.2, -0.15) is 11.8 Å². The van der Waals surface area contributed by atoms with Crippen LogP contribution in [0.5, 0.6) is 0 Å². The van der Waals surface area contributed by atoms with Crippen LogP contribution in [0.4, 0.5) is 15.8 Å². The Labute approximate surface area is 122 Å². The van der Waals surface area contributed by atoms with Crippen molar-refractivity contribution in [2.45, 2.75) is 18.6 Å². The Bertz CT molecular complexity index is 483. The van der Waals surface area contributed by atoms with Crippen molar-refractivity contribution in [3.05, 3.63) is 24.0 Å². The van der Waals surface area contributed by atoms with Gasteiger partial charge < -0.3 is 11.1 Å². The molecule has 1 amide bonds. The molecule has 0 saturated carbocycles. The molecule has 1 atom stereocenters. The first-order valence-electron chi connectivity index (χ1n) is 6.77. The first-order valence-corrected chi connectivity index (χ1v) is 7.82. The number of carbonyl (C=O) groups excluding carboxylic acids is 1. The van der Waals surface area contributed by atoms with Crippen molar-refractivity contribution in [1.82, 2.24) is 4.90 Å². The molecule has 6 heteroatoms. The number of nitrogens with one attached hydrogen (secondary N) is 1. The second kappa shape index (κ2) is 6.95. The molecule has 0 spiro atoms. The molecule has 0 aromatic heterocycles. The molecule has 0 bridgehead atoms. The molecule has 1 heterocycles. The predicted octanol–water partition coefficient (Wildman–Crippen LogP) is 2.17. The molecule has 2 rings (SSSR count). The molecule has 1 aromatic carbocycles. The Morgan fingerprint density at radius 2 is 2.40 bits per heavy atom. The van der Waals surface area contributed by atoms with Crippen molar-refractivity contribution in [3.63, 3.8) is 0 Å². The number of carbonyl (C=O) groups is 1. The highest BCUT2D eigenvalue weighted by Gasteiger charge is 2.20.